The van der Waals surface area contributed by atoms with Gasteiger partial charge in [0.1, 0.15) is 4.60 Å². The predicted octanol–water partition coefficient (Wildman–Crippen LogP) is 3.33. The molecular formula is C15H15Br2N3O. The second-order valence-electron chi connectivity index (χ2n) is 5.01. The SMILES string of the molecule is O=C(CCc1ccccn1)n1c(Br)c(Br)c2c1CCNC2. The van der Waals surface area contributed by atoms with Gasteiger partial charge in [0, 0.05) is 49.1 Å². The molecule has 0 bridgehead atoms. The molecule has 0 atom stereocenters. The van der Waals surface area contributed by atoms with E-state index in [2.05, 4.69) is 42.2 Å². The Morgan fingerprint density at radius 1 is 1.38 bits per heavy atom. The summed E-state index contributed by atoms with van der Waals surface area (Å²) in [4.78, 5) is 16.9. The van der Waals surface area contributed by atoms with Gasteiger partial charge in [-0.3, -0.25) is 14.3 Å². The summed E-state index contributed by atoms with van der Waals surface area (Å²) in [7, 11) is 0. The molecule has 1 aliphatic heterocycles. The fourth-order valence-electron chi connectivity index (χ4n) is 2.62. The average molecular weight is 413 g/mol. The molecular weight excluding hydrogens is 398 g/mol. The van der Waals surface area contributed by atoms with Crippen molar-refractivity contribution in [3.63, 3.8) is 0 Å². The smallest absolute Gasteiger partial charge is 0.232 e. The van der Waals surface area contributed by atoms with E-state index >= 15 is 0 Å². The molecule has 0 saturated carbocycles. The minimum atomic E-state index is 0.108. The topological polar surface area (TPSA) is 46.9 Å². The van der Waals surface area contributed by atoms with Crippen molar-refractivity contribution in [2.75, 3.05) is 6.54 Å². The molecule has 1 aliphatic rings. The number of rotatable bonds is 3. The van der Waals surface area contributed by atoms with E-state index in [1.165, 1.54) is 5.56 Å². The third-order valence-electron chi connectivity index (χ3n) is 3.67. The Kier molecular flexibility index (Phi) is 4.57. The molecule has 2 aromatic heterocycles. The summed E-state index contributed by atoms with van der Waals surface area (Å²) in [6, 6.07) is 5.78. The van der Waals surface area contributed by atoms with Gasteiger partial charge in [0.15, 0.2) is 0 Å². The molecule has 21 heavy (non-hydrogen) atoms. The summed E-state index contributed by atoms with van der Waals surface area (Å²) < 4.78 is 3.61. The summed E-state index contributed by atoms with van der Waals surface area (Å²) in [5.74, 6) is 0.108. The molecule has 6 heteroatoms. The molecule has 0 aromatic carbocycles. The van der Waals surface area contributed by atoms with Crippen LogP contribution in [0.15, 0.2) is 33.5 Å². The zero-order chi connectivity index (χ0) is 14.8. The minimum absolute atomic E-state index is 0.108. The maximum atomic E-state index is 12.6. The first-order valence-corrected chi connectivity index (χ1v) is 8.48. The lowest BCUT2D eigenvalue weighted by Gasteiger charge is -2.16. The van der Waals surface area contributed by atoms with Gasteiger partial charge in [-0.1, -0.05) is 6.07 Å². The van der Waals surface area contributed by atoms with Crippen molar-refractivity contribution in [3.05, 3.63) is 50.4 Å². The second-order valence-corrected chi connectivity index (χ2v) is 6.55. The summed E-state index contributed by atoms with van der Waals surface area (Å²) >= 11 is 7.12. The van der Waals surface area contributed by atoms with Crippen molar-refractivity contribution in [2.45, 2.75) is 25.8 Å². The zero-order valence-corrected chi connectivity index (χ0v) is 14.6. The lowest BCUT2D eigenvalue weighted by molar-refractivity contribution is 0.0896. The first-order valence-electron chi connectivity index (χ1n) is 6.89. The van der Waals surface area contributed by atoms with Gasteiger partial charge in [0.25, 0.3) is 0 Å². The Morgan fingerprint density at radius 2 is 2.24 bits per heavy atom. The highest BCUT2D eigenvalue weighted by Gasteiger charge is 2.25. The van der Waals surface area contributed by atoms with Crippen LogP contribution in [-0.2, 0) is 19.4 Å². The van der Waals surface area contributed by atoms with Gasteiger partial charge in [0.2, 0.25) is 5.91 Å². The molecule has 0 saturated heterocycles. The Labute approximate surface area is 140 Å². The number of nitrogens with zero attached hydrogens (tertiary/aromatic N) is 2. The standard InChI is InChI=1S/C15H15Br2N3O/c16-14-11-9-18-8-6-12(11)20(15(14)17)13(21)5-4-10-3-1-2-7-19-10/h1-3,7,18H,4-6,8-9H2. The molecule has 0 radical (unpaired) electrons. The Balaban J connectivity index is 1.82. The number of halogens is 2. The van der Waals surface area contributed by atoms with Crippen LogP contribution in [0.5, 0.6) is 0 Å². The number of aryl methyl sites for hydroxylation is 1. The summed E-state index contributed by atoms with van der Waals surface area (Å²) in [5, 5.41) is 3.33. The van der Waals surface area contributed by atoms with Crippen LogP contribution in [-0.4, -0.2) is 22.0 Å². The van der Waals surface area contributed by atoms with Crippen LogP contribution >= 0.6 is 31.9 Å². The molecule has 3 rings (SSSR count). The van der Waals surface area contributed by atoms with E-state index in [9.17, 15) is 4.79 Å². The molecule has 0 spiro atoms. The molecule has 0 aliphatic carbocycles. The first-order chi connectivity index (χ1) is 10.2. The van der Waals surface area contributed by atoms with Gasteiger partial charge >= 0.3 is 0 Å². The lowest BCUT2D eigenvalue weighted by Crippen LogP contribution is -2.26. The van der Waals surface area contributed by atoms with Gasteiger partial charge < -0.3 is 5.32 Å². The van der Waals surface area contributed by atoms with E-state index < -0.39 is 0 Å². The van der Waals surface area contributed by atoms with Crippen LogP contribution in [0, 0.1) is 0 Å². The van der Waals surface area contributed by atoms with Crippen LogP contribution in [0.25, 0.3) is 0 Å². The third kappa shape index (κ3) is 2.98. The fraction of sp³-hybridized carbons (Fsp3) is 0.333. The van der Waals surface area contributed by atoms with Crippen molar-refractivity contribution >= 4 is 37.8 Å². The Hall–Kier alpha value is -0.980. The van der Waals surface area contributed by atoms with E-state index in [1.807, 2.05) is 22.8 Å². The van der Waals surface area contributed by atoms with E-state index in [-0.39, 0.29) is 5.91 Å². The van der Waals surface area contributed by atoms with E-state index in [0.717, 1.165) is 40.0 Å². The molecule has 0 fully saturated rings. The summed E-state index contributed by atoms with van der Waals surface area (Å²) in [5.41, 5.74) is 3.24. The predicted molar refractivity (Wildman–Crippen MR) is 88.4 cm³/mol. The number of hydrogen-bond donors (Lipinski definition) is 1. The van der Waals surface area contributed by atoms with E-state index in [0.29, 0.717) is 12.8 Å². The maximum absolute atomic E-state index is 12.6. The first kappa shape index (κ1) is 14.9. The third-order valence-corrected chi connectivity index (χ3v) is 5.81. The molecule has 4 nitrogen and oxygen atoms in total. The van der Waals surface area contributed by atoms with Crippen molar-refractivity contribution in [1.82, 2.24) is 14.9 Å². The monoisotopic (exact) mass is 411 g/mol. The van der Waals surface area contributed by atoms with Crippen LogP contribution in [0.1, 0.15) is 28.2 Å². The number of carbonyl (C=O) groups excluding carboxylic acids is 1. The van der Waals surface area contributed by atoms with Gasteiger partial charge in [0.05, 0.1) is 4.47 Å². The molecule has 110 valence electrons. The number of nitrogens with one attached hydrogen (secondary N) is 1. The van der Waals surface area contributed by atoms with Crippen molar-refractivity contribution < 1.29 is 4.79 Å². The van der Waals surface area contributed by atoms with Crippen LogP contribution < -0.4 is 5.32 Å². The summed E-state index contributed by atoms with van der Waals surface area (Å²) in [6.45, 7) is 1.71. The number of aromatic nitrogens is 2. The minimum Gasteiger partial charge on any atom is -0.312 e. The van der Waals surface area contributed by atoms with Crippen LogP contribution in [0.2, 0.25) is 0 Å². The van der Waals surface area contributed by atoms with Crippen molar-refractivity contribution in [1.29, 1.82) is 0 Å². The van der Waals surface area contributed by atoms with Crippen LogP contribution in [0.3, 0.4) is 0 Å². The molecule has 0 amide bonds. The number of pyridine rings is 1. The lowest BCUT2D eigenvalue weighted by atomic mass is 10.1. The highest BCUT2D eigenvalue weighted by atomic mass is 79.9. The Morgan fingerprint density at radius 3 is 3.00 bits per heavy atom. The number of fused-ring (bicyclic) bond motifs is 1. The second kappa shape index (κ2) is 6.42. The molecule has 3 heterocycles. The summed E-state index contributed by atoms with van der Waals surface area (Å²) in [6.07, 6.45) is 3.75. The van der Waals surface area contributed by atoms with E-state index in [1.54, 1.807) is 6.20 Å². The van der Waals surface area contributed by atoms with Gasteiger partial charge in [-0.05, 0) is 50.4 Å². The zero-order valence-electron chi connectivity index (χ0n) is 11.4. The number of hydrogen-bond acceptors (Lipinski definition) is 3. The molecule has 1 N–H and O–H groups in total. The van der Waals surface area contributed by atoms with Gasteiger partial charge in [-0.25, -0.2) is 0 Å². The maximum Gasteiger partial charge on any atom is 0.232 e. The molecule has 2 aromatic rings. The average Bonchev–Trinajstić information content (AvgIpc) is 2.78. The van der Waals surface area contributed by atoms with Gasteiger partial charge in [-0.2, -0.15) is 0 Å². The molecule has 0 unspecified atom stereocenters. The quantitative estimate of drug-likeness (QED) is 0.840. The fourth-order valence-corrected chi connectivity index (χ4v) is 3.82. The largest absolute Gasteiger partial charge is 0.312 e. The van der Waals surface area contributed by atoms with E-state index in [4.69, 9.17) is 0 Å². The highest BCUT2D eigenvalue weighted by Crippen LogP contribution is 2.34. The van der Waals surface area contributed by atoms with Crippen molar-refractivity contribution in [3.8, 4) is 0 Å². The normalized spacial score (nSPS) is 14.0. The van der Waals surface area contributed by atoms with Crippen LogP contribution in [0.4, 0.5) is 0 Å². The number of carbonyl (C=O) groups is 1. The Bertz CT molecular complexity index is 667. The van der Waals surface area contributed by atoms with Gasteiger partial charge in [-0.15, -0.1) is 0 Å². The van der Waals surface area contributed by atoms with Crippen molar-refractivity contribution in [2.24, 2.45) is 0 Å². The highest BCUT2D eigenvalue weighted by molar-refractivity contribution is 9.13.